The third-order valence-electron chi connectivity index (χ3n) is 2.38. The maximum atomic E-state index is 12.0. The Morgan fingerprint density at radius 3 is 1.88 bits per heavy atom. The molecule has 0 fully saturated rings. The maximum Gasteiger partial charge on any atom is 0.193 e. The van der Waals surface area contributed by atoms with Crippen LogP contribution in [0.3, 0.4) is 0 Å². The quantitative estimate of drug-likeness (QED) is 0.756. The predicted octanol–water partition coefficient (Wildman–Crippen LogP) is 3.44. The molecule has 2 aromatic rings. The number of hydrogen-bond acceptors (Lipinski definition) is 2. The Hall–Kier alpha value is -2.11. The van der Waals surface area contributed by atoms with Crippen LogP contribution in [-0.2, 0) is 0 Å². The van der Waals surface area contributed by atoms with E-state index in [1.54, 1.807) is 48.5 Å². The molecule has 2 rings (SSSR count). The van der Waals surface area contributed by atoms with Crippen LogP contribution in [0.1, 0.15) is 21.5 Å². The van der Waals surface area contributed by atoms with E-state index in [4.69, 9.17) is 16.9 Å². The molecule has 0 atom stereocenters. The molecule has 0 heterocycles. The summed E-state index contributed by atoms with van der Waals surface area (Å²) in [5.74, 6) is -0.0776. The summed E-state index contributed by atoms with van der Waals surface area (Å²) in [6.45, 7) is 0. The topological polar surface area (TPSA) is 40.9 Å². The van der Waals surface area contributed by atoms with E-state index < -0.39 is 0 Å². The Balaban J connectivity index is 2.31. The van der Waals surface area contributed by atoms with Crippen molar-refractivity contribution in [2.24, 2.45) is 0 Å². The SMILES string of the molecule is N#Cc1ccc(C(=O)c2ccc(Cl)cc2)cc1. The molecule has 82 valence electrons. The van der Waals surface area contributed by atoms with Gasteiger partial charge in [-0.3, -0.25) is 4.79 Å². The van der Waals surface area contributed by atoms with Crippen molar-refractivity contribution in [1.82, 2.24) is 0 Å². The standard InChI is InChI=1S/C14H8ClNO/c15-13-7-5-12(6-8-13)14(17)11-3-1-10(9-16)2-4-11/h1-8H. The molecule has 0 radical (unpaired) electrons. The van der Waals surface area contributed by atoms with Crippen molar-refractivity contribution in [3.63, 3.8) is 0 Å². The van der Waals surface area contributed by atoms with Gasteiger partial charge in [0.15, 0.2) is 5.78 Å². The molecule has 2 nitrogen and oxygen atoms in total. The van der Waals surface area contributed by atoms with E-state index in [1.165, 1.54) is 0 Å². The third-order valence-corrected chi connectivity index (χ3v) is 2.63. The molecular formula is C14H8ClNO. The molecule has 3 heteroatoms. The minimum absolute atomic E-state index is 0.0776. The summed E-state index contributed by atoms with van der Waals surface area (Å²) >= 11 is 5.75. The lowest BCUT2D eigenvalue weighted by atomic mass is 10.0. The Labute approximate surface area is 104 Å². The lowest BCUT2D eigenvalue weighted by Gasteiger charge is -2.01. The second-order valence-electron chi connectivity index (χ2n) is 3.53. The average Bonchev–Trinajstić information content (AvgIpc) is 2.39. The molecule has 0 N–H and O–H groups in total. The normalized spacial score (nSPS) is 9.65. The molecule has 0 aromatic heterocycles. The van der Waals surface area contributed by atoms with Crippen molar-refractivity contribution in [1.29, 1.82) is 5.26 Å². The smallest absolute Gasteiger partial charge is 0.193 e. The zero-order valence-corrected chi connectivity index (χ0v) is 9.61. The van der Waals surface area contributed by atoms with Crippen molar-refractivity contribution in [2.75, 3.05) is 0 Å². The van der Waals surface area contributed by atoms with Crippen LogP contribution < -0.4 is 0 Å². The Kier molecular flexibility index (Phi) is 3.22. The monoisotopic (exact) mass is 241 g/mol. The van der Waals surface area contributed by atoms with Gasteiger partial charge in [0.25, 0.3) is 0 Å². The molecule has 0 bridgehead atoms. The van der Waals surface area contributed by atoms with Gasteiger partial charge in [0.1, 0.15) is 0 Å². The van der Waals surface area contributed by atoms with Gasteiger partial charge in [-0.25, -0.2) is 0 Å². The summed E-state index contributed by atoms with van der Waals surface area (Å²) in [6, 6.07) is 15.3. The van der Waals surface area contributed by atoms with Crippen LogP contribution in [0, 0.1) is 11.3 Å². The van der Waals surface area contributed by atoms with Crippen LogP contribution in [0.5, 0.6) is 0 Å². The van der Waals surface area contributed by atoms with Gasteiger partial charge < -0.3 is 0 Å². The van der Waals surface area contributed by atoms with Crippen molar-refractivity contribution >= 4 is 17.4 Å². The molecule has 0 amide bonds. The summed E-state index contributed by atoms with van der Waals surface area (Å²) < 4.78 is 0. The van der Waals surface area contributed by atoms with Gasteiger partial charge in [-0.15, -0.1) is 0 Å². The third kappa shape index (κ3) is 2.52. The number of halogens is 1. The molecule has 0 saturated carbocycles. The summed E-state index contributed by atoms with van der Waals surface area (Å²) in [7, 11) is 0. The number of nitriles is 1. The summed E-state index contributed by atoms with van der Waals surface area (Å²) in [6.07, 6.45) is 0. The number of hydrogen-bond donors (Lipinski definition) is 0. The fourth-order valence-corrected chi connectivity index (χ4v) is 1.59. The molecule has 0 aliphatic carbocycles. The first-order valence-corrected chi connectivity index (χ1v) is 5.39. The molecule has 17 heavy (non-hydrogen) atoms. The van der Waals surface area contributed by atoms with Crippen LogP contribution in [0.25, 0.3) is 0 Å². The van der Waals surface area contributed by atoms with E-state index in [0.717, 1.165) is 0 Å². The van der Waals surface area contributed by atoms with Gasteiger partial charge in [-0.2, -0.15) is 5.26 Å². The number of nitrogens with zero attached hydrogens (tertiary/aromatic N) is 1. The highest BCUT2D eigenvalue weighted by molar-refractivity contribution is 6.30. The summed E-state index contributed by atoms with van der Waals surface area (Å²) in [5.41, 5.74) is 1.68. The fraction of sp³-hybridized carbons (Fsp3) is 0. The first-order chi connectivity index (χ1) is 8.20. The lowest BCUT2D eigenvalue weighted by molar-refractivity contribution is 0.103. The molecule has 2 aromatic carbocycles. The first-order valence-electron chi connectivity index (χ1n) is 5.01. The van der Waals surface area contributed by atoms with E-state index >= 15 is 0 Å². The van der Waals surface area contributed by atoms with Gasteiger partial charge in [0, 0.05) is 16.1 Å². The van der Waals surface area contributed by atoms with E-state index in [9.17, 15) is 4.79 Å². The Morgan fingerprint density at radius 2 is 1.41 bits per heavy atom. The highest BCUT2D eigenvalue weighted by atomic mass is 35.5. The number of carbonyl (C=O) groups excluding carboxylic acids is 1. The van der Waals surface area contributed by atoms with Crippen molar-refractivity contribution in [3.8, 4) is 6.07 Å². The van der Waals surface area contributed by atoms with E-state index in [-0.39, 0.29) is 5.78 Å². The first kappa shape index (κ1) is 11.4. The van der Waals surface area contributed by atoms with Crippen LogP contribution in [-0.4, -0.2) is 5.78 Å². The lowest BCUT2D eigenvalue weighted by Crippen LogP contribution is -2.00. The fourth-order valence-electron chi connectivity index (χ4n) is 1.46. The number of ketones is 1. The highest BCUT2D eigenvalue weighted by Crippen LogP contribution is 2.14. The van der Waals surface area contributed by atoms with Crippen molar-refractivity contribution in [2.45, 2.75) is 0 Å². The molecular weight excluding hydrogens is 234 g/mol. The van der Waals surface area contributed by atoms with Gasteiger partial charge >= 0.3 is 0 Å². The largest absolute Gasteiger partial charge is 0.289 e. The molecule has 0 saturated heterocycles. The number of carbonyl (C=O) groups is 1. The van der Waals surface area contributed by atoms with Gasteiger partial charge in [-0.1, -0.05) is 11.6 Å². The molecule has 0 spiro atoms. The number of benzene rings is 2. The van der Waals surface area contributed by atoms with Crippen LogP contribution >= 0.6 is 11.6 Å². The van der Waals surface area contributed by atoms with E-state index in [1.807, 2.05) is 6.07 Å². The minimum atomic E-state index is -0.0776. The minimum Gasteiger partial charge on any atom is -0.289 e. The second-order valence-corrected chi connectivity index (χ2v) is 3.96. The Morgan fingerprint density at radius 1 is 0.941 bits per heavy atom. The second kappa shape index (κ2) is 4.82. The number of rotatable bonds is 2. The summed E-state index contributed by atoms with van der Waals surface area (Å²) in [5, 5.41) is 9.26. The molecule has 0 aliphatic heterocycles. The van der Waals surface area contributed by atoms with Crippen LogP contribution in [0.4, 0.5) is 0 Å². The summed E-state index contributed by atoms with van der Waals surface area (Å²) in [4.78, 5) is 12.0. The van der Waals surface area contributed by atoms with Gasteiger partial charge in [-0.05, 0) is 48.5 Å². The van der Waals surface area contributed by atoms with E-state index in [2.05, 4.69) is 0 Å². The van der Waals surface area contributed by atoms with Crippen LogP contribution in [0.15, 0.2) is 48.5 Å². The molecule has 0 unspecified atom stereocenters. The van der Waals surface area contributed by atoms with Crippen molar-refractivity contribution < 1.29 is 4.79 Å². The van der Waals surface area contributed by atoms with E-state index in [0.29, 0.717) is 21.7 Å². The highest BCUT2D eigenvalue weighted by Gasteiger charge is 2.08. The average molecular weight is 242 g/mol. The van der Waals surface area contributed by atoms with Crippen LogP contribution in [0.2, 0.25) is 5.02 Å². The van der Waals surface area contributed by atoms with Crippen molar-refractivity contribution in [3.05, 3.63) is 70.2 Å². The van der Waals surface area contributed by atoms with Gasteiger partial charge in [0.05, 0.1) is 11.6 Å². The Bertz CT molecular complexity index is 579. The predicted molar refractivity (Wildman–Crippen MR) is 66.0 cm³/mol. The zero-order valence-electron chi connectivity index (χ0n) is 8.85. The molecule has 0 aliphatic rings. The van der Waals surface area contributed by atoms with Gasteiger partial charge in [0.2, 0.25) is 0 Å². The maximum absolute atomic E-state index is 12.0. The zero-order chi connectivity index (χ0) is 12.3.